The van der Waals surface area contributed by atoms with Gasteiger partial charge in [-0.05, 0) is 25.0 Å². The van der Waals surface area contributed by atoms with Gasteiger partial charge >= 0.3 is 10.2 Å². The molecule has 0 bridgehead atoms. The number of nitrogens with zero attached hydrogens (tertiary/aromatic N) is 5. The summed E-state index contributed by atoms with van der Waals surface area (Å²) in [6, 6.07) is 3.39. The molecule has 2 aromatic heterocycles. The summed E-state index contributed by atoms with van der Waals surface area (Å²) >= 11 is 0. The third kappa shape index (κ3) is 2.43. The highest BCUT2D eigenvalue weighted by Gasteiger charge is 2.28. The van der Waals surface area contributed by atoms with Gasteiger partial charge in [-0.15, -0.1) is 12.4 Å². The van der Waals surface area contributed by atoms with E-state index in [4.69, 9.17) is 11.5 Å². The summed E-state index contributed by atoms with van der Waals surface area (Å²) < 4.78 is 27.7. The normalized spacial score (nSPS) is 15.8. The molecule has 0 atom stereocenters. The standard InChI is InChI=1S/C13H15N7O2S.ClH/c14-12-11-8-7-20(23(21,22)19-5-1-2-6-19)18-9(8)3-4-10(11)16-13(15)17-12;/h3-4,7H,1-2,5-6H2,(H4,14,15,16,17);1H. The van der Waals surface area contributed by atoms with Crippen LogP contribution in [0, 0.1) is 0 Å². The number of anilines is 2. The van der Waals surface area contributed by atoms with Crippen molar-refractivity contribution in [2.75, 3.05) is 24.6 Å². The topological polar surface area (TPSA) is 133 Å². The monoisotopic (exact) mass is 369 g/mol. The molecule has 9 nitrogen and oxygen atoms in total. The molecule has 24 heavy (non-hydrogen) atoms. The fraction of sp³-hybridized carbons (Fsp3) is 0.308. The average molecular weight is 370 g/mol. The quantitative estimate of drug-likeness (QED) is 0.680. The summed E-state index contributed by atoms with van der Waals surface area (Å²) in [7, 11) is -3.66. The molecule has 3 aromatic rings. The maximum Gasteiger partial charge on any atom is 0.322 e. The zero-order chi connectivity index (χ0) is 16.2. The lowest BCUT2D eigenvalue weighted by atomic mass is 10.1. The summed E-state index contributed by atoms with van der Waals surface area (Å²) in [6.07, 6.45) is 3.19. The molecular formula is C13H16ClN7O2S. The van der Waals surface area contributed by atoms with Crippen LogP contribution in [0.1, 0.15) is 12.8 Å². The van der Waals surface area contributed by atoms with Gasteiger partial charge < -0.3 is 11.5 Å². The largest absolute Gasteiger partial charge is 0.383 e. The molecule has 1 aliphatic rings. The molecule has 128 valence electrons. The predicted octanol–water partition coefficient (Wildman–Crippen LogP) is 0.754. The van der Waals surface area contributed by atoms with E-state index >= 15 is 0 Å². The predicted molar refractivity (Wildman–Crippen MR) is 94.0 cm³/mol. The maximum absolute atomic E-state index is 12.6. The third-order valence-electron chi connectivity index (χ3n) is 4.00. The van der Waals surface area contributed by atoms with Crippen LogP contribution in [0.25, 0.3) is 21.8 Å². The van der Waals surface area contributed by atoms with Crippen LogP contribution >= 0.6 is 12.4 Å². The lowest BCUT2D eigenvalue weighted by Gasteiger charge is -2.14. The number of hydrogen-bond acceptors (Lipinski definition) is 7. The molecule has 0 spiro atoms. The summed E-state index contributed by atoms with van der Waals surface area (Å²) in [5.74, 6) is 0.280. The van der Waals surface area contributed by atoms with Gasteiger partial charge in [0.15, 0.2) is 0 Å². The lowest BCUT2D eigenvalue weighted by molar-refractivity contribution is 0.464. The van der Waals surface area contributed by atoms with Crippen molar-refractivity contribution in [2.45, 2.75) is 12.8 Å². The number of halogens is 1. The number of hydrogen-bond donors (Lipinski definition) is 2. The highest BCUT2D eigenvalue weighted by atomic mass is 35.5. The Morgan fingerprint density at radius 3 is 2.42 bits per heavy atom. The highest BCUT2D eigenvalue weighted by Crippen LogP contribution is 2.28. The van der Waals surface area contributed by atoms with Gasteiger partial charge in [-0.3, -0.25) is 0 Å². The fourth-order valence-electron chi connectivity index (χ4n) is 2.91. The van der Waals surface area contributed by atoms with Crippen molar-refractivity contribution >= 4 is 56.2 Å². The Hall–Kier alpha value is -2.17. The average Bonchev–Trinajstić information content (AvgIpc) is 3.16. The molecule has 0 radical (unpaired) electrons. The Morgan fingerprint density at radius 1 is 1.04 bits per heavy atom. The first-order valence-electron chi connectivity index (χ1n) is 7.18. The van der Waals surface area contributed by atoms with Crippen LogP contribution in [0.15, 0.2) is 18.3 Å². The third-order valence-corrected chi connectivity index (χ3v) is 5.68. The minimum absolute atomic E-state index is 0. The van der Waals surface area contributed by atoms with Gasteiger partial charge in [0.25, 0.3) is 0 Å². The van der Waals surface area contributed by atoms with Gasteiger partial charge in [0, 0.05) is 18.5 Å². The van der Waals surface area contributed by atoms with Crippen LogP contribution in [0.3, 0.4) is 0 Å². The van der Waals surface area contributed by atoms with Crippen LogP contribution in [0.2, 0.25) is 0 Å². The smallest absolute Gasteiger partial charge is 0.322 e. The van der Waals surface area contributed by atoms with Crippen LogP contribution in [-0.4, -0.2) is 45.0 Å². The number of nitrogen functional groups attached to an aromatic ring is 2. The van der Waals surface area contributed by atoms with Crippen molar-refractivity contribution in [3.05, 3.63) is 18.3 Å². The van der Waals surface area contributed by atoms with Crippen molar-refractivity contribution in [1.82, 2.24) is 23.5 Å². The summed E-state index contributed by atoms with van der Waals surface area (Å²) in [5.41, 5.74) is 12.6. The lowest BCUT2D eigenvalue weighted by Crippen LogP contribution is -2.33. The minimum atomic E-state index is -3.66. The maximum atomic E-state index is 12.6. The molecule has 0 amide bonds. The van der Waals surface area contributed by atoms with Crippen LogP contribution in [-0.2, 0) is 10.2 Å². The van der Waals surface area contributed by atoms with Gasteiger partial charge in [-0.1, -0.05) is 0 Å². The minimum Gasteiger partial charge on any atom is -0.383 e. The molecule has 3 heterocycles. The van der Waals surface area contributed by atoms with Gasteiger partial charge in [0.05, 0.1) is 22.6 Å². The summed E-state index contributed by atoms with van der Waals surface area (Å²) in [6.45, 7) is 1.03. The second-order valence-electron chi connectivity index (χ2n) is 5.48. The Bertz CT molecular complexity index is 1030. The van der Waals surface area contributed by atoms with Crippen molar-refractivity contribution in [2.24, 2.45) is 0 Å². The van der Waals surface area contributed by atoms with Gasteiger partial charge in [0.2, 0.25) is 5.95 Å². The van der Waals surface area contributed by atoms with Crippen molar-refractivity contribution in [3.63, 3.8) is 0 Å². The first-order valence-corrected chi connectivity index (χ1v) is 8.58. The Morgan fingerprint density at radius 2 is 1.71 bits per heavy atom. The van der Waals surface area contributed by atoms with E-state index in [9.17, 15) is 8.42 Å². The Balaban J connectivity index is 0.00000169. The molecule has 4 rings (SSSR count). The summed E-state index contributed by atoms with van der Waals surface area (Å²) in [4.78, 5) is 8.07. The fourth-order valence-corrected chi connectivity index (χ4v) is 4.29. The van der Waals surface area contributed by atoms with Gasteiger partial charge in [-0.2, -0.15) is 26.9 Å². The van der Waals surface area contributed by atoms with Gasteiger partial charge in [-0.25, -0.2) is 4.98 Å². The molecule has 0 aliphatic carbocycles. The molecule has 0 saturated carbocycles. The highest BCUT2D eigenvalue weighted by molar-refractivity contribution is 7.87. The zero-order valence-electron chi connectivity index (χ0n) is 12.6. The number of nitrogens with two attached hydrogens (primary N) is 2. The van der Waals surface area contributed by atoms with E-state index in [-0.39, 0.29) is 24.2 Å². The molecule has 1 aliphatic heterocycles. The van der Waals surface area contributed by atoms with Gasteiger partial charge in [0.1, 0.15) is 5.82 Å². The summed E-state index contributed by atoms with van der Waals surface area (Å²) in [5, 5.41) is 5.33. The molecule has 1 fully saturated rings. The number of fused-ring (bicyclic) bond motifs is 3. The molecular weight excluding hydrogens is 354 g/mol. The van der Waals surface area contributed by atoms with E-state index in [0.29, 0.717) is 34.9 Å². The van der Waals surface area contributed by atoms with E-state index in [1.165, 1.54) is 10.5 Å². The second kappa shape index (κ2) is 5.72. The zero-order valence-corrected chi connectivity index (χ0v) is 14.2. The first-order chi connectivity index (χ1) is 11.0. The molecule has 0 unspecified atom stereocenters. The Labute approximate surface area is 144 Å². The van der Waals surface area contributed by atoms with Crippen LogP contribution in [0.5, 0.6) is 0 Å². The van der Waals surface area contributed by atoms with E-state index in [0.717, 1.165) is 16.9 Å². The van der Waals surface area contributed by atoms with Crippen molar-refractivity contribution in [1.29, 1.82) is 0 Å². The molecule has 1 saturated heterocycles. The number of benzene rings is 1. The Kier molecular flexibility index (Phi) is 3.98. The van der Waals surface area contributed by atoms with E-state index < -0.39 is 10.2 Å². The van der Waals surface area contributed by atoms with E-state index in [2.05, 4.69) is 15.1 Å². The molecule has 1 aromatic carbocycles. The van der Waals surface area contributed by atoms with Crippen molar-refractivity contribution in [3.8, 4) is 0 Å². The van der Waals surface area contributed by atoms with Crippen LogP contribution in [0.4, 0.5) is 11.8 Å². The van der Waals surface area contributed by atoms with E-state index in [1.807, 2.05) is 0 Å². The van der Waals surface area contributed by atoms with Crippen molar-refractivity contribution < 1.29 is 8.42 Å². The number of rotatable bonds is 2. The molecule has 11 heteroatoms. The first kappa shape index (κ1) is 16.7. The SMILES string of the molecule is Cl.Nc1nc(N)c2c(ccc3nn(S(=O)(=O)N4CCCC4)cc32)n1. The second-order valence-corrected chi connectivity index (χ2v) is 7.26. The number of aromatic nitrogens is 4. The van der Waals surface area contributed by atoms with E-state index in [1.54, 1.807) is 12.1 Å². The molecule has 4 N–H and O–H groups in total. The van der Waals surface area contributed by atoms with Crippen LogP contribution < -0.4 is 11.5 Å².